The molecule has 29 heavy (non-hydrogen) atoms. The number of halogens is 1. The largest absolute Gasteiger partial charge is 0.497 e. The van der Waals surface area contributed by atoms with Crippen molar-refractivity contribution in [3.8, 4) is 11.5 Å². The molecular weight excluding hydrogens is 442 g/mol. The smallest absolute Gasteiger partial charge is 0.277 e. The van der Waals surface area contributed by atoms with E-state index in [0.29, 0.717) is 32.9 Å². The second-order valence-corrected chi connectivity index (χ2v) is 7.36. The molecule has 0 aromatic heterocycles. The van der Waals surface area contributed by atoms with Crippen LogP contribution in [0.4, 0.5) is 5.69 Å². The molecule has 1 atom stereocenters. The maximum absolute atomic E-state index is 12.2. The maximum Gasteiger partial charge on any atom is 0.277 e. The molecule has 2 amide bonds. The standard InChI is InChI=1S/C20H20BrN3O5/c1-12(10-20(27)14-5-3-4-6-16(14)22-19(20)26)23-24-18(25)11-29-17-8-7-13(28-2)9-15(17)21/h3-9,27H,10-11H2,1-2H3,(H,22,26)(H,24,25)/t20-/m1/s1. The van der Waals surface area contributed by atoms with Gasteiger partial charge in [-0.1, -0.05) is 18.2 Å². The molecule has 152 valence electrons. The van der Waals surface area contributed by atoms with Crippen LogP contribution < -0.4 is 20.2 Å². The van der Waals surface area contributed by atoms with Gasteiger partial charge in [-0.15, -0.1) is 0 Å². The molecule has 0 unspecified atom stereocenters. The fourth-order valence-electron chi connectivity index (χ4n) is 2.95. The number of ether oxygens (including phenoxy) is 2. The molecule has 9 heteroatoms. The van der Waals surface area contributed by atoms with Gasteiger partial charge in [0.25, 0.3) is 11.8 Å². The second kappa shape index (κ2) is 8.62. The van der Waals surface area contributed by atoms with Crippen LogP contribution in [-0.2, 0) is 15.2 Å². The van der Waals surface area contributed by atoms with Gasteiger partial charge in [-0.25, -0.2) is 5.43 Å². The Morgan fingerprint density at radius 2 is 2.07 bits per heavy atom. The summed E-state index contributed by atoms with van der Waals surface area (Å²) in [6.07, 6.45) is -0.0546. The first kappa shape index (κ1) is 20.8. The molecule has 0 bridgehead atoms. The minimum Gasteiger partial charge on any atom is -0.497 e. The molecular formula is C20H20BrN3O5. The molecule has 0 saturated carbocycles. The summed E-state index contributed by atoms with van der Waals surface area (Å²) in [5, 5.41) is 17.4. The minimum absolute atomic E-state index is 0.0546. The topological polar surface area (TPSA) is 109 Å². The molecule has 0 spiro atoms. The number of fused-ring (bicyclic) bond motifs is 1. The van der Waals surface area contributed by atoms with Gasteiger partial charge < -0.3 is 19.9 Å². The average Bonchev–Trinajstić information content (AvgIpc) is 2.95. The molecule has 0 radical (unpaired) electrons. The first-order valence-electron chi connectivity index (χ1n) is 8.75. The molecule has 0 fully saturated rings. The quantitative estimate of drug-likeness (QED) is 0.433. The number of methoxy groups -OCH3 is 1. The van der Waals surface area contributed by atoms with Gasteiger partial charge in [0.05, 0.1) is 11.6 Å². The van der Waals surface area contributed by atoms with Crippen LogP contribution in [0.1, 0.15) is 18.9 Å². The van der Waals surface area contributed by atoms with E-state index in [2.05, 4.69) is 31.8 Å². The number of nitrogens with one attached hydrogen (secondary N) is 2. The van der Waals surface area contributed by atoms with Crippen molar-refractivity contribution in [3.63, 3.8) is 0 Å². The lowest BCUT2D eigenvalue weighted by Gasteiger charge is -2.20. The third kappa shape index (κ3) is 4.57. The number of anilines is 1. The molecule has 1 heterocycles. The van der Waals surface area contributed by atoms with Crippen LogP contribution in [0, 0.1) is 0 Å². The Bertz CT molecular complexity index is 978. The van der Waals surface area contributed by atoms with Gasteiger partial charge in [0, 0.05) is 23.4 Å². The number of para-hydroxylation sites is 1. The van der Waals surface area contributed by atoms with Crippen molar-refractivity contribution in [3.05, 3.63) is 52.5 Å². The second-order valence-electron chi connectivity index (χ2n) is 6.50. The molecule has 2 aromatic carbocycles. The molecule has 8 nitrogen and oxygen atoms in total. The maximum atomic E-state index is 12.2. The Morgan fingerprint density at radius 3 is 2.79 bits per heavy atom. The van der Waals surface area contributed by atoms with E-state index in [-0.39, 0.29) is 13.0 Å². The first-order valence-corrected chi connectivity index (χ1v) is 9.54. The summed E-state index contributed by atoms with van der Waals surface area (Å²) < 4.78 is 11.2. The van der Waals surface area contributed by atoms with Crippen molar-refractivity contribution in [1.82, 2.24) is 5.43 Å². The third-order valence-electron chi connectivity index (χ3n) is 4.38. The lowest BCUT2D eigenvalue weighted by molar-refractivity contribution is -0.132. The molecule has 0 saturated heterocycles. The fourth-order valence-corrected chi connectivity index (χ4v) is 3.42. The van der Waals surface area contributed by atoms with Gasteiger partial charge in [0.2, 0.25) is 0 Å². The zero-order valence-corrected chi connectivity index (χ0v) is 17.4. The lowest BCUT2D eigenvalue weighted by Crippen LogP contribution is -2.36. The van der Waals surface area contributed by atoms with E-state index >= 15 is 0 Å². The van der Waals surface area contributed by atoms with Gasteiger partial charge in [-0.3, -0.25) is 9.59 Å². The van der Waals surface area contributed by atoms with Crippen LogP contribution in [0.2, 0.25) is 0 Å². The van der Waals surface area contributed by atoms with Crippen molar-refractivity contribution in [1.29, 1.82) is 0 Å². The summed E-state index contributed by atoms with van der Waals surface area (Å²) in [5.74, 6) is 0.141. The van der Waals surface area contributed by atoms with E-state index < -0.39 is 17.4 Å². The van der Waals surface area contributed by atoms with E-state index in [1.54, 1.807) is 56.5 Å². The van der Waals surface area contributed by atoms with E-state index in [1.807, 2.05) is 0 Å². The summed E-state index contributed by atoms with van der Waals surface area (Å²) in [6, 6.07) is 12.0. The van der Waals surface area contributed by atoms with Crippen LogP contribution in [0.15, 0.2) is 52.0 Å². The summed E-state index contributed by atoms with van der Waals surface area (Å²) in [7, 11) is 1.56. The third-order valence-corrected chi connectivity index (χ3v) is 5.00. The minimum atomic E-state index is -1.72. The zero-order chi connectivity index (χ0) is 21.0. The van der Waals surface area contributed by atoms with Crippen molar-refractivity contribution >= 4 is 39.1 Å². The van der Waals surface area contributed by atoms with Crippen LogP contribution in [0.25, 0.3) is 0 Å². The number of hydrogen-bond donors (Lipinski definition) is 3. The van der Waals surface area contributed by atoms with Crippen molar-refractivity contribution in [2.75, 3.05) is 19.0 Å². The highest BCUT2D eigenvalue weighted by molar-refractivity contribution is 9.10. The number of nitrogens with zero attached hydrogens (tertiary/aromatic N) is 1. The van der Waals surface area contributed by atoms with Crippen molar-refractivity contribution in [2.24, 2.45) is 5.10 Å². The number of amides is 2. The number of hydrazone groups is 1. The van der Waals surface area contributed by atoms with Crippen molar-refractivity contribution < 1.29 is 24.2 Å². The number of rotatable bonds is 7. The Labute approximate surface area is 176 Å². The Kier molecular flexibility index (Phi) is 6.19. The monoisotopic (exact) mass is 461 g/mol. The summed E-state index contributed by atoms with van der Waals surface area (Å²) in [6.45, 7) is 1.36. The van der Waals surface area contributed by atoms with Gasteiger partial charge in [-0.05, 0) is 47.1 Å². The number of hydrogen-bond acceptors (Lipinski definition) is 6. The Morgan fingerprint density at radius 1 is 1.31 bits per heavy atom. The predicted molar refractivity (Wildman–Crippen MR) is 111 cm³/mol. The molecule has 2 aromatic rings. The highest BCUT2D eigenvalue weighted by atomic mass is 79.9. The van der Waals surface area contributed by atoms with Crippen LogP contribution >= 0.6 is 15.9 Å². The number of benzene rings is 2. The zero-order valence-electron chi connectivity index (χ0n) is 15.9. The molecule has 3 N–H and O–H groups in total. The van der Waals surface area contributed by atoms with Crippen LogP contribution in [-0.4, -0.2) is 36.3 Å². The molecule has 1 aliphatic heterocycles. The Balaban J connectivity index is 1.57. The number of aliphatic hydroxyl groups is 1. The average molecular weight is 462 g/mol. The van der Waals surface area contributed by atoms with Gasteiger partial charge in [0.1, 0.15) is 11.5 Å². The summed E-state index contributed by atoms with van der Waals surface area (Å²) in [4.78, 5) is 24.2. The SMILES string of the molecule is COc1ccc(OCC(=O)NN=C(C)C[C@]2(O)C(=O)Nc3ccccc32)c(Br)c1. The molecule has 3 rings (SSSR count). The number of carbonyl (C=O) groups excluding carboxylic acids is 2. The lowest BCUT2D eigenvalue weighted by atomic mass is 9.90. The van der Waals surface area contributed by atoms with E-state index in [4.69, 9.17) is 9.47 Å². The highest BCUT2D eigenvalue weighted by Gasteiger charge is 2.45. The fraction of sp³-hybridized carbons (Fsp3) is 0.250. The van der Waals surface area contributed by atoms with Crippen LogP contribution in [0.5, 0.6) is 11.5 Å². The van der Waals surface area contributed by atoms with E-state index in [9.17, 15) is 14.7 Å². The highest BCUT2D eigenvalue weighted by Crippen LogP contribution is 2.38. The van der Waals surface area contributed by atoms with Gasteiger partial charge >= 0.3 is 0 Å². The van der Waals surface area contributed by atoms with Gasteiger partial charge in [0.15, 0.2) is 12.2 Å². The summed E-state index contributed by atoms with van der Waals surface area (Å²) in [5.41, 5.74) is 2.08. The van der Waals surface area contributed by atoms with Crippen LogP contribution in [0.3, 0.4) is 0 Å². The van der Waals surface area contributed by atoms with Gasteiger partial charge in [-0.2, -0.15) is 5.10 Å². The molecule has 1 aliphatic rings. The first-order chi connectivity index (χ1) is 13.8. The Hall–Kier alpha value is -2.91. The number of carbonyl (C=O) groups is 2. The predicted octanol–water partition coefficient (Wildman–Crippen LogP) is 2.56. The summed E-state index contributed by atoms with van der Waals surface area (Å²) >= 11 is 3.34. The molecule has 0 aliphatic carbocycles. The van der Waals surface area contributed by atoms with Crippen molar-refractivity contribution in [2.45, 2.75) is 18.9 Å². The van der Waals surface area contributed by atoms with E-state index in [0.717, 1.165) is 0 Å². The van der Waals surface area contributed by atoms with E-state index in [1.165, 1.54) is 0 Å². The normalized spacial score (nSPS) is 18.1.